The van der Waals surface area contributed by atoms with E-state index in [0.717, 1.165) is 12.8 Å². The smallest absolute Gasteiger partial charge is 0.442 e. The third-order valence-electron chi connectivity index (χ3n) is 2.67. The molecule has 1 atom stereocenters. The molecular weight excluding hydrogens is 252 g/mol. The zero-order valence-electron chi connectivity index (χ0n) is 10.2. The van der Waals surface area contributed by atoms with Gasteiger partial charge in [-0.1, -0.05) is 0 Å². The van der Waals surface area contributed by atoms with Crippen molar-refractivity contribution < 1.29 is 13.7 Å². The second-order valence-corrected chi connectivity index (χ2v) is 6.59. The van der Waals surface area contributed by atoms with Crippen LogP contribution in [0.15, 0.2) is 33.5 Å². The summed E-state index contributed by atoms with van der Waals surface area (Å²) in [5, 5.41) is -0.0504. The van der Waals surface area contributed by atoms with Gasteiger partial charge < -0.3 is 10.5 Å². The van der Waals surface area contributed by atoms with Gasteiger partial charge in [0.05, 0.1) is 16.3 Å². The lowest BCUT2D eigenvalue weighted by Crippen LogP contribution is -2.11. The monoisotopic (exact) mass is 268 g/mol. The molecule has 1 aromatic rings. The van der Waals surface area contributed by atoms with Crippen LogP contribution in [-0.4, -0.2) is 22.2 Å². The highest BCUT2D eigenvalue weighted by atomic mass is 32.2. The molecule has 1 fully saturated rings. The Labute approximate surface area is 107 Å². The van der Waals surface area contributed by atoms with Crippen molar-refractivity contribution in [1.82, 2.24) is 0 Å². The number of carbonyl (C=O) groups is 1. The van der Waals surface area contributed by atoms with E-state index in [-0.39, 0.29) is 11.9 Å². The summed E-state index contributed by atoms with van der Waals surface area (Å²) in [7, 11) is -2.72. The van der Waals surface area contributed by atoms with Crippen molar-refractivity contribution in [3.05, 3.63) is 24.3 Å². The third kappa shape index (κ3) is 2.64. The number of rotatable bonds is 3. The first-order chi connectivity index (χ1) is 8.56. The molecule has 0 unspecified atom stereocenters. The van der Waals surface area contributed by atoms with E-state index in [9.17, 15) is 9.00 Å². The van der Waals surface area contributed by atoms with Gasteiger partial charge in [-0.15, -0.1) is 4.36 Å². The van der Waals surface area contributed by atoms with Crippen molar-refractivity contribution in [3.8, 4) is 0 Å². The van der Waals surface area contributed by atoms with Gasteiger partial charge in [-0.05, 0) is 44.0 Å². The fraction of sp³-hybridized carbons (Fsp3) is 0.417. The first-order valence-electron chi connectivity index (χ1n) is 5.84. The first kappa shape index (κ1) is 12.9. The number of nitrogens with zero attached hydrogens (tertiary/aromatic N) is 1. The zero-order valence-corrected chi connectivity index (χ0v) is 11.0. The number of hydrogen-bond donors (Lipinski definition) is 1. The molecule has 0 spiro atoms. The second kappa shape index (κ2) is 4.97. The molecule has 1 aliphatic rings. The Bertz CT molecular complexity index is 555. The molecule has 1 saturated carbocycles. The van der Waals surface area contributed by atoms with Crippen molar-refractivity contribution in [2.75, 3.05) is 12.3 Å². The summed E-state index contributed by atoms with van der Waals surface area (Å²) in [5.41, 5.74) is 6.19. The quantitative estimate of drug-likeness (QED) is 0.853. The van der Waals surface area contributed by atoms with Gasteiger partial charge in [-0.3, -0.25) is 0 Å². The Morgan fingerprint density at radius 1 is 1.44 bits per heavy atom. The molecule has 0 bridgehead atoms. The molecule has 1 aromatic carbocycles. The molecule has 18 heavy (non-hydrogen) atoms. The van der Waals surface area contributed by atoms with Gasteiger partial charge in [0.25, 0.3) is 0 Å². The lowest BCUT2D eigenvalue weighted by atomic mass is 10.3. The lowest BCUT2D eigenvalue weighted by molar-refractivity contribution is 0.164. The normalized spacial score (nSPS) is 17.8. The number of amides is 1. The van der Waals surface area contributed by atoms with E-state index in [4.69, 9.17) is 10.5 Å². The summed E-state index contributed by atoms with van der Waals surface area (Å²) in [4.78, 5) is 12.0. The predicted molar refractivity (Wildman–Crippen MR) is 69.7 cm³/mol. The Kier molecular flexibility index (Phi) is 3.56. The molecule has 98 valence electrons. The third-order valence-corrected chi connectivity index (χ3v) is 5.41. The summed E-state index contributed by atoms with van der Waals surface area (Å²) in [6.45, 7) is 1.92. The maximum absolute atomic E-state index is 12.8. The molecule has 2 N–H and O–H groups in total. The average Bonchev–Trinajstić information content (AvgIpc) is 3.13. The van der Waals surface area contributed by atoms with Crippen molar-refractivity contribution in [2.24, 2.45) is 4.36 Å². The number of ether oxygens (including phenoxy) is 1. The van der Waals surface area contributed by atoms with E-state index in [1.54, 1.807) is 31.2 Å². The van der Waals surface area contributed by atoms with Crippen LogP contribution in [0.4, 0.5) is 10.5 Å². The maximum atomic E-state index is 12.8. The predicted octanol–water partition coefficient (Wildman–Crippen LogP) is 2.41. The molecule has 2 rings (SSSR count). The highest BCUT2D eigenvalue weighted by Crippen LogP contribution is 2.35. The standard InChI is InChI=1S/C12H16N2O3S/c1-2-17-12(15)14-18(16,11-7-8-11)10-5-3-9(13)4-6-10/h3-6,11H,2,7-8,13H2,1H3/t18-/m1/s1. The van der Waals surface area contributed by atoms with Gasteiger partial charge in [0.15, 0.2) is 0 Å². The zero-order chi connectivity index (χ0) is 13.2. The molecule has 0 saturated heterocycles. The number of benzene rings is 1. The number of carbonyl (C=O) groups excluding carboxylic acids is 1. The Morgan fingerprint density at radius 2 is 2.06 bits per heavy atom. The van der Waals surface area contributed by atoms with Crippen LogP contribution < -0.4 is 5.73 Å². The second-order valence-electron chi connectivity index (χ2n) is 4.13. The van der Waals surface area contributed by atoms with Crippen LogP contribution in [0.5, 0.6) is 0 Å². The van der Waals surface area contributed by atoms with Crippen LogP contribution in [0.3, 0.4) is 0 Å². The van der Waals surface area contributed by atoms with Gasteiger partial charge in [-0.25, -0.2) is 9.00 Å². The average molecular weight is 268 g/mol. The molecule has 1 amide bonds. The van der Waals surface area contributed by atoms with E-state index < -0.39 is 15.8 Å². The van der Waals surface area contributed by atoms with Gasteiger partial charge in [0.1, 0.15) is 0 Å². The maximum Gasteiger partial charge on any atom is 0.442 e. The van der Waals surface area contributed by atoms with Crippen molar-refractivity contribution in [2.45, 2.75) is 29.9 Å². The molecule has 5 nitrogen and oxygen atoms in total. The van der Waals surface area contributed by atoms with Crippen molar-refractivity contribution in [3.63, 3.8) is 0 Å². The van der Waals surface area contributed by atoms with E-state index in [1.165, 1.54) is 0 Å². The molecule has 0 aromatic heterocycles. The highest BCUT2D eigenvalue weighted by Gasteiger charge is 2.36. The molecule has 0 aliphatic heterocycles. The summed E-state index contributed by atoms with van der Waals surface area (Å²) in [6.07, 6.45) is 0.893. The number of nitrogen functional groups attached to an aromatic ring is 1. The molecule has 0 heterocycles. The van der Waals surface area contributed by atoms with Crippen LogP contribution in [0, 0.1) is 0 Å². The minimum atomic E-state index is -2.72. The van der Waals surface area contributed by atoms with Crippen LogP contribution >= 0.6 is 0 Å². The molecule has 0 radical (unpaired) electrons. The fourth-order valence-corrected chi connectivity index (χ4v) is 3.85. The minimum absolute atomic E-state index is 0.0504. The SMILES string of the molecule is CCOC(=O)N=[S@@](=O)(c1ccc(N)cc1)C1CC1. The van der Waals surface area contributed by atoms with Crippen LogP contribution in [0.2, 0.25) is 0 Å². The Balaban J connectivity index is 2.41. The summed E-state index contributed by atoms with van der Waals surface area (Å²) in [6, 6.07) is 6.66. The van der Waals surface area contributed by atoms with E-state index >= 15 is 0 Å². The van der Waals surface area contributed by atoms with Crippen molar-refractivity contribution >= 4 is 21.5 Å². The number of anilines is 1. The highest BCUT2D eigenvalue weighted by molar-refractivity contribution is 7.94. The summed E-state index contributed by atoms with van der Waals surface area (Å²) >= 11 is 0. The van der Waals surface area contributed by atoms with Crippen molar-refractivity contribution in [1.29, 1.82) is 0 Å². The number of nitrogens with two attached hydrogens (primary N) is 1. The van der Waals surface area contributed by atoms with Crippen LogP contribution in [-0.2, 0) is 14.5 Å². The molecule has 6 heteroatoms. The fourth-order valence-electron chi connectivity index (χ4n) is 1.63. The van der Waals surface area contributed by atoms with E-state index in [0.29, 0.717) is 10.6 Å². The van der Waals surface area contributed by atoms with E-state index in [2.05, 4.69) is 4.36 Å². The van der Waals surface area contributed by atoms with Gasteiger partial charge in [0, 0.05) is 15.8 Å². The lowest BCUT2D eigenvalue weighted by Gasteiger charge is -2.09. The number of hydrogen-bond acceptors (Lipinski definition) is 4. The van der Waals surface area contributed by atoms with Crippen LogP contribution in [0.1, 0.15) is 19.8 Å². The van der Waals surface area contributed by atoms with Crippen LogP contribution in [0.25, 0.3) is 0 Å². The minimum Gasteiger partial charge on any atom is -0.448 e. The molecular formula is C12H16N2O3S. The summed E-state index contributed by atoms with van der Waals surface area (Å²) in [5.74, 6) is 0. The van der Waals surface area contributed by atoms with E-state index in [1.807, 2.05) is 0 Å². The Morgan fingerprint density at radius 3 is 2.56 bits per heavy atom. The van der Waals surface area contributed by atoms with Gasteiger partial charge in [-0.2, -0.15) is 0 Å². The van der Waals surface area contributed by atoms with Gasteiger partial charge >= 0.3 is 6.09 Å². The first-order valence-corrected chi connectivity index (χ1v) is 7.42. The topological polar surface area (TPSA) is 81.8 Å². The molecule has 1 aliphatic carbocycles. The van der Waals surface area contributed by atoms with Gasteiger partial charge in [0.2, 0.25) is 0 Å². The largest absolute Gasteiger partial charge is 0.448 e. The Hall–Kier alpha value is -1.56. The summed E-state index contributed by atoms with van der Waals surface area (Å²) < 4.78 is 21.4.